The standard InChI is InChI=1S/C17H27NO5Si/c1-16(2,3)22-24(21,23-17(4,5)6)15-11-14(15)12-7-9-13(10-8-12)18(19)20/h7-10,14-15,21H,11H2,1-6H3/t14-,15+/m0/s1. The van der Waals surface area contributed by atoms with Crippen LogP contribution in [0.1, 0.15) is 59.4 Å². The fraction of sp³-hybridized carbons (Fsp3) is 0.647. The van der Waals surface area contributed by atoms with Gasteiger partial charge < -0.3 is 13.6 Å². The highest BCUT2D eigenvalue weighted by molar-refractivity contribution is 6.62. The fourth-order valence-corrected chi connectivity index (χ4v) is 6.21. The van der Waals surface area contributed by atoms with Crippen molar-refractivity contribution in [1.29, 1.82) is 0 Å². The van der Waals surface area contributed by atoms with Crippen LogP contribution in [-0.2, 0) is 8.85 Å². The Morgan fingerprint density at radius 1 is 1.08 bits per heavy atom. The lowest BCUT2D eigenvalue weighted by atomic mass is 10.1. The van der Waals surface area contributed by atoms with Crippen LogP contribution in [0.2, 0.25) is 5.54 Å². The number of hydrogen-bond donors (Lipinski definition) is 1. The molecule has 0 saturated heterocycles. The van der Waals surface area contributed by atoms with E-state index >= 15 is 0 Å². The van der Waals surface area contributed by atoms with E-state index in [9.17, 15) is 14.9 Å². The lowest BCUT2D eigenvalue weighted by molar-refractivity contribution is -0.384. The molecule has 134 valence electrons. The van der Waals surface area contributed by atoms with Crippen molar-refractivity contribution in [2.75, 3.05) is 0 Å². The zero-order valence-electron chi connectivity index (χ0n) is 15.2. The van der Waals surface area contributed by atoms with Crippen LogP contribution in [0.5, 0.6) is 0 Å². The Morgan fingerprint density at radius 2 is 1.54 bits per heavy atom. The predicted molar refractivity (Wildman–Crippen MR) is 93.9 cm³/mol. The Hall–Kier alpha value is -1.28. The van der Waals surface area contributed by atoms with Crippen LogP contribution in [0.25, 0.3) is 0 Å². The molecule has 0 radical (unpaired) electrons. The van der Waals surface area contributed by atoms with Gasteiger partial charge in [-0.3, -0.25) is 10.1 Å². The van der Waals surface area contributed by atoms with Gasteiger partial charge in [0.15, 0.2) is 0 Å². The third kappa shape index (κ3) is 4.86. The number of hydrogen-bond acceptors (Lipinski definition) is 5. The van der Waals surface area contributed by atoms with Crippen LogP contribution in [0.4, 0.5) is 5.69 Å². The summed E-state index contributed by atoms with van der Waals surface area (Å²) < 4.78 is 12.0. The molecule has 1 aromatic carbocycles. The van der Waals surface area contributed by atoms with Gasteiger partial charge in [-0.25, -0.2) is 0 Å². The van der Waals surface area contributed by atoms with Gasteiger partial charge in [0.1, 0.15) is 0 Å². The van der Waals surface area contributed by atoms with Crippen LogP contribution >= 0.6 is 0 Å². The van der Waals surface area contributed by atoms with E-state index in [1.54, 1.807) is 12.1 Å². The maximum Gasteiger partial charge on any atom is 0.502 e. The van der Waals surface area contributed by atoms with Gasteiger partial charge in [0, 0.05) is 17.7 Å². The van der Waals surface area contributed by atoms with Crippen molar-refractivity contribution >= 4 is 14.5 Å². The summed E-state index contributed by atoms with van der Waals surface area (Å²) >= 11 is 0. The summed E-state index contributed by atoms with van der Waals surface area (Å²) in [6, 6.07) is 6.51. The van der Waals surface area contributed by atoms with Crippen molar-refractivity contribution in [3.63, 3.8) is 0 Å². The molecule has 7 heteroatoms. The van der Waals surface area contributed by atoms with E-state index in [2.05, 4.69) is 0 Å². The summed E-state index contributed by atoms with van der Waals surface area (Å²) in [5.74, 6) is 0.118. The highest BCUT2D eigenvalue weighted by atomic mass is 28.4. The number of nitrogens with zero attached hydrogens (tertiary/aromatic N) is 1. The van der Waals surface area contributed by atoms with Crippen LogP contribution in [0.3, 0.4) is 0 Å². The van der Waals surface area contributed by atoms with Crippen molar-refractivity contribution in [1.82, 2.24) is 0 Å². The molecule has 1 saturated carbocycles. The SMILES string of the molecule is CC(C)(C)O[Si](O)(OC(C)(C)C)[C@@H]1C[C@H]1c1ccc([N+](=O)[O-])cc1. The topological polar surface area (TPSA) is 81.8 Å². The second-order valence-corrected chi connectivity index (χ2v) is 10.8. The Balaban J connectivity index is 2.19. The average molecular weight is 353 g/mol. The molecule has 1 aliphatic carbocycles. The zero-order chi connectivity index (χ0) is 18.3. The van der Waals surface area contributed by atoms with Crippen molar-refractivity contribution in [3.8, 4) is 0 Å². The molecular weight excluding hydrogens is 326 g/mol. The van der Waals surface area contributed by atoms with Gasteiger partial charge in [0.2, 0.25) is 0 Å². The first-order valence-corrected chi connectivity index (χ1v) is 10.0. The van der Waals surface area contributed by atoms with Gasteiger partial charge in [0.25, 0.3) is 5.69 Å². The summed E-state index contributed by atoms with van der Waals surface area (Å²) in [7, 11) is -3.40. The minimum absolute atomic E-state index is 0.0698. The molecule has 24 heavy (non-hydrogen) atoms. The molecule has 0 aromatic heterocycles. The van der Waals surface area contributed by atoms with Gasteiger partial charge in [-0.15, -0.1) is 0 Å². The molecule has 1 N–H and O–H groups in total. The van der Waals surface area contributed by atoms with Crippen molar-refractivity contribution in [2.24, 2.45) is 0 Å². The summed E-state index contributed by atoms with van der Waals surface area (Å²) in [6.45, 7) is 11.4. The van der Waals surface area contributed by atoms with Gasteiger partial charge >= 0.3 is 8.80 Å². The first kappa shape index (κ1) is 19.0. The molecule has 0 heterocycles. The molecule has 1 aliphatic rings. The first-order valence-electron chi connectivity index (χ1n) is 8.18. The molecule has 1 fully saturated rings. The van der Waals surface area contributed by atoms with E-state index in [1.165, 1.54) is 12.1 Å². The normalized spacial score (nSPS) is 21.6. The summed E-state index contributed by atoms with van der Waals surface area (Å²) in [6.07, 6.45) is 0.771. The van der Waals surface area contributed by atoms with E-state index in [-0.39, 0.29) is 17.1 Å². The summed E-state index contributed by atoms with van der Waals surface area (Å²) in [5, 5.41) is 10.8. The second-order valence-electron chi connectivity index (χ2n) is 8.36. The summed E-state index contributed by atoms with van der Waals surface area (Å²) in [5.41, 5.74) is -0.0341. The molecule has 0 unspecified atom stereocenters. The Labute approximate surface area is 144 Å². The van der Waals surface area contributed by atoms with E-state index in [0.29, 0.717) is 0 Å². The number of nitro groups is 1. The lowest BCUT2D eigenvalue weighted by Gasteiger charge is -2.37. The smallest absolute Gasteiger partial charge is 0.389 e. The third-order valence-electron chi connectivity index (χ3n) is 3.70. The molecule has 0 spiro atoms. The van der Waals surface area contributed by atoms with Crippen LogP contribution < -0.4 is 0 Å². The summed E-state index contributed by atoms with van der Waals surface area (Å²) in [4.78, 5) is 21.5. The molecule has 0 amide bonds. The fourth-order valence-electron chi connectivity index (χ4n) is 2.86. The molecule has 0 aliphatic heterocycles. The average Bonchev–Trinajstić information content (AvgIpc) is 3.14. The van der Waals surface area contributed by atoms with Crippen molar-refractivity contribution < 1.29 is 18.6 Å². The van der Waals surface area contributed by atoms with Crippen LogP contribution in [0, 0.1) is 10.1 Å². The maximum atomic E-state index is 11.2. The zero-order valence-corrected chi connectivity index (χ0v) is 16.2. The Kier molecular flexibility index (Phi) is 4.93. The quantitative estimate of drug-likeness (QED) is 0.491. The molecule has 0 bridgehead atoms. The lowest BCUT2D eigenvalue weighted by Crippen LogP contribution is -2.52. The maximum absolute atomic E-state index is 11.2. The largest absolute Gasteiger partial charge is 0.502 e. The van der Waals surface area contributed by atoms with Crippen LogP contribution in [0.15, 0.2) is 24.3 Å². The van der Waals surface area contributed by atoms with Gasteiger partial charge in [-0.1, -0.05) is 12.1 Å². The number of non-ortho nitro benzene ring substituents is 1. The highest BCUT2D eigenvalue weighted by Gasteiger charge is 2.62. The van der Waals surface area contributed by atoms with E-state index < -0.39 is 24.9 Å². The van der Waals surface area contributed by atoms with Gasteiger partial charge in [0.05, 0.1) is 16.1 Å². The van der Waals surface area contributed by atoms with E-state index in [1.807, 2.05) is 41.5 Å². The Bertz CT molecular complexity index is 587. The minimum atomic E-state index is -3.40. The monoisotopic (exact) mass is 353 g/mol. The van der Waals surface area contributed by atoms with Crippen molar-refractivity contribution in [3.05, 3.63) is 39.9 Å². The third-order valence-corrected chi connectivity index (χ3v) is 7.08. The predicted octanol–water partition coefficient (Wildman–Crippen LogP) is 4.01. The number of benzene rings is 1. The Morgan fingerprint density at radius 3 is 1.92 bits per heavy atom. The minimum Gasteiger partial charge on any atom is -0.389 e. The van der Waals surface area contributed by atoms with Crippen molar-refractivity contribution in [2.45, 2.75) is 70.6 Å². The first-order chi connectivity index (χ1) is 10.8. The van der Waals surface area contributed by atoms with Crippen LogP contribution in [-0.4, -0.2) is 29.7 Å². The molecule has 2 rings (SSSR count). The van der Waals surface area contributed by atoms with E-state index in [4.69, 9.17) is 8.85 Å². The number of rotatable bonds is 5. The molecule has 2 atom stereocenters. The number of nitro benzene ring substituents is 1. The second kappa shape index (κ2) is 6.22. The molecule has 6 nitrogen and oxygen atoms in total. The van der Waals surface area contributed by atoms with Gasteiger partial charge in [-0.2, -0.15) is 0 Å². The van der Waals surface area contributed by atoms with Gasteiger partial charge in [-0.05, 0) is 59.4 Å². The molecule has 1 aromatic rings. The van der Waals surface area contributed by atoms with E-state index in [0.717, 1.165) is 12.0 Å². The molecular formula is C17H27NO5Si. The highest BCUT2D eigenvalue weighted by Crippen LogP contribution is 2.59.